The molecule has 0 radical (unpaired) electrons. The number of esters is 1. The monoisotopic (exact) mass is 434 g/mol. The van der Waals surface area contributed by atoms with Crippen LogP contribution in [0.4, 0.5) is 0 Å². The molecule has 0 aromatic heterocycles. The van der Waals surface area contributed by atoms with E-state index in [1.165, 1.54) is 18.7 Å². The number of ether oxygens (including phenoxy) is 2. The molecule has 1 amide bonds. The molecule has 2 aromatic rings. The highest BCUT2D eigenvalue weighted by Gasteiger charge is 2.43. The Kier molecular flexibility index (Phi) is 6.61. The zero-order chi connectivity index (χ0) is 22.6. The molecule has 2 aromatic carbocycles. The van der Waals surface area contributed by atoms with Crippen molar-refractivity contribution in [2.75, 3.05) is 20.2 Å². The molecule has 4 rings (SSSR count). The fourth-order valence-electron chi connectivity index (χ4n) is 4.67. The molecule has 1 fully saturated rings. The molecule has 1 N–H and O–H groups in total. The molecule has 6 heteroatoms. The largest absolute Gasteiger partial charge is 0.487 e. The first-order valence-electron chi connectivity index (χ1n) is 11.1. The van der Waals surface area contributed by atoms with Crippen molar-refractivity contribution in [3.63, 3.8) is 0 Å². The van der Waals surface area contributed by atoms with Gasteiger partial charge in [0.2, 0.25) is 5.91 Å². The van der Waals surface area contributed by atoms with Gasteiger partial charge in [-0.25, -0.2) is 4.79 Å². The summed E-state index contributed by atoms with van der Waals surface area (Å²) in [6.45, 7) is 4.40. The average Bonchev–Trinajstić information content (AvgIpc) is 2.79. The van der Waals surface area contributed by atoms with Crippen LogP contribution in [0.5, 0.6) is 5.75 Å². The Balaban J connectivity index is 1.50. The van der Waals surface area contributed by atoms with Crippen LogP contribution in [-0.2, 0) is 20.9 Å². The summed E-state index contributed by atoms with van der Waals surface area (Å²) in [5, 5.41) is 3.12. The molecule has 0 aliphatic carbocycles. The molecule has 1 atom stereocenters. The van der Waals surface area contributed by atoms with Gasteiger partial charge in [0.1, 0.15) is 11.4 Å². The summed E-state index contributed by atoms with van der Waals surface area (Å²) in [6, 6.07) is 16.2. The zero-order valence-electron chi connectivity index (χ0n) is 18.7. The summed E-state index contributed by atoms with van der Waals surface area (Å²) in [7, 11) is 1.35. The summed E-state index contributed by atoms with van der Waals surface area (Å²) in [6.07, 6.45) is 5.67. The van der Waals surface area contributed by atoms with Crippen molar-refractivity contribution < 1.29 is 19.1 Å². The minimum Gasteiger partial charge on any atom is -0.487 e. The first-order chi connectivity index (χ1) is 15.5. The van der Waals surface area contributed by atoms with Crippen LogP contribution in [-0.4, -0.2) is 42.6 Å². The van der Waals surface area contributed by atoms with E-state index in [4.69, 9.17) is 4.74 Å². The summed E-state index contributed by atoms with van der Waals surface area (Å²) in [5.41, 5.74) is 2.85. The van der Waals surface area contributed by atoms with Gasteiger partial charge in [-0.1, -0.05) is 36.4 Å². The number of hydrogen-bond acceptors (Lipinski definition) is 5. The lowest BCUT2D eigenvalue weighted by Gasteiger charge is -2.47. The number of likely N-dealkylation sites (tertiary alicyclic amines) is 1. The number of carbonyl (C=O) groups excluding carboxylic acids is 2. The third-order valence-corrected chi connectivity index (χ3v) is 6.32. The van der Waals surface area contributed by atoms with Crippen LogP contribution in [0.2, 0.25) is 0 Å². The third-order valence-electron chi connectivity index (χ3n) is 6.32. The molecule has 1 saturated heterocycles. The number of amides is 1. The first kappa shape index (κ1) is 22.1. The average molecular weight is 435 g/mol. The predicted molar refractivity (Wildman–Crippen MR) is 123 cm³/mol. The topological polar surface area (TPSA) is 67.9 Å². The lowest BCUT2D eigenvalue weighted by atomic mass is 9.80. The molecular weight excluding hydrogens is 404 g/mol. The van der Waals surface area contributed by atoms with E-state index in [1.54, 1.807) is 13.0 Å². The van der Waals surface area contributed by atoms with Gasteiger partial charge in [-0.15, -0.1) is 0 Å². The van der Waals surface area contributed by atoms with E-state index in [0.717, 1.165) is 55.8 Å². The van der Waals surface area contributed by atoms with Crippen molar-refractivity contribution in [2.45, 2.75) is 44.4 Å². The number of methoxy groups -OCH3 is 1. The maximum absolute atomic E-state index is 12.0. The highest BCUT2D eigenvalue weighted by Crippen LogP contribution is 2.44. The Labute approximate surface area is 189 Å². The van der Waals surface area contributed by atoms with Gasteiger partial charge >= 0.3 is 5.97 Å². The van der Waals surface area contributed by atoms with Crippen molar-refractivity contribution in [3.05, 3.63) is 71.3 Å². The Morgan fingerprint density at radius 3 is 2.62 bits per heavy atom. The number of hydrogen-bond donors (Lipinski definition) is 1. The lowest BCUT2D eigenvalue weighted by Crippen LogP contribution is -2.52. The van der Waals surface area contributed by atoms with E-state index in [-0.39, 0.29) is 17.6 Å². The molecule has 2 aliphatic rings. The van der Waals surface area contributed by atoms with E-state index in [0.29, 0.717) is 0 Å². The van der Waals surface area contributed by atoms with Crippen LogP contribution in [0, 0.1) is 0 Å². The predicted octanol–water partition coefficient (Wildman–Crippen LogP) is 3.87. The Morgan fingerprint density at radius 2 is 1.94 bits per heavy atom. The SMILES string of the molecule is COC(=O)C=Cc1ccc2c(c1)C(NC(C)=O)CC1(CCN(Cc3ccccc3)CC1)O2. The number of nitrogens with zero attached hydrogens (tertiary/aromatic N) is 1. The molecule has 32 heavy (non-hydrogen) atoms. The van der Waals surface area contributed by atoms with Crippen LogP contribution in [0.3, 0.4) is 0 Å². The highest BCUT2D eigenvalue weighted by molar-refractivity contribution is 5.87. The van der Waals surface area contributed by atoms with Crippen molar-refractivity contribution in [2.24, 2.45) is 0 Å². The lowest BCUT2D eigenvalue weighted by molar-refractivity contribution is -0.134. The second-order valence-corrected chi connectivity index (χ2v) is 8.66. The van der Waals surface area contributed by atoms with Gasteiger partial charge in [-0.3, -0.25) is 9.69 Å². The van der Waals surface area contributed by atoms with Crippen LogP contribution in [0.25, 0.3) is 6.08 Å². The smallest absolute Gasteiger partial charge is 0.330 e. The van der Waals surface area contributed by atoms with E-state index in [2.05, 4.69) is 39.2 Å². The summed E-state index contributed by atoms with van der Waals surface area (Å²) >= 11 is 0. The third kappa shape index (κ3) is 5.19. The Morgan fingerprint density at radius 1 is 1.19 bits per heavy atom. The van der Waals surface area contributed by atoms with Crippen LogP contribution >= 0.6 is 0 Å². The summed E-state index contributed by atoms with van der Waals surface area (Å²) < 4.78 is 11.2. The quantitative estimate of drug-likeness (QED) is 0.572. The van der Waals surface area contributed by atoms with Gasteiger partial charge in [0.25, 0.3) is 0 Å². The summed E-state index contributed by atoms with van der Waals surface area (Å²) in [4.78, 5) is 25.9. The fourth-order valence-corrected chi connectivity index (χ4v) is 4.67. The standard InChI is InChI=1S/C26H30N2O4/c1-19(29)27-23-17-26(12-14-28(15-13-26)18-21-6-4-3-5-7-21)32-24-10-8-20(16-22(23)24)9-11-25(30)31-2/h3-11,16,23H,12-15,17-18H2,1-2H3,(H,27,29). The van der Waals surface area contributed by atoms with Gasteiger partial charge in [0.15, 0.2) is 0 Å². The van der Waals surface area contributed by atoms with Crippen molar-refractivity contribution >= 4 is 18.0 Å². The molecular formula is C26H30N2O4. The van der Waals surface area contributed by atoms with Gasteiger partial charge in [-0.05, 0) is 42.2 Å². The van der Waals surface area contributed by atoms with Crippen LogP contribution in [0.1, 0.15) is 48.9 Å². The summed E-state index contributed by atoms with van der Waals surface area (Å²) in [5.74, 6) is 0.343. The van der Waals surface area contributed by atoms with Gasteiger partial charge < -0.3 is 14.8 Å². The van der Waals surface area contributed by atoms with Crippen LogP contribution < -0.4 is 10.1 Å². The molecule has 2 aliphatic heterocycles. The van der Waals surface area contributed by atoms with E-state index < -0.39 is 5.97 Å². The molecule has 1 spiro atoms. The molecule has 0 bridgehead atoms. The number of carbonyl (C=O) groups is 2. The van der Waals surface area contributed by atoms with Gasteiger partial charge in [0, 0.05) is 44.6 Å². The highest BCUT2D eigenvalue weighted by atomic mass is 16.5. The van der Waals surface area contributed by atoms with Crippen molar-refractivity contribution in [3.8, 4) is 5.75 Å². The van der Waals surface area contributed by atoms with Gasteiger partial charge in [0.05, 0.1) is 13.2 Å². The Hall–Kier alpha value is -3.12. The maximum Gasteiger partial charge on any atom is 0.330 e. The second-order valence-electron chi connectivity index (χ2n) is 8.66. The fraction of sp³-hybridized carbons (Fsp3) is 0.385. The normalized spacial score (nSPS) is 19.9. The molecule has 1 unspecified atom stereocenters. The number of piperidine rings is 1. The maximum atomic E-state index is 12.0. The van der Waals surface area contributed by atoms with Gasteiger partial charge in [-0.2, -0.15) is 0 Å². The molecule has 2 heterocycles. The number of nitrogens with one attached hydrogen (secondary N) is 1. The molecule has 0 saturated carbocycles. The van der Waals surface area contributed by atoms with E-state index in [1.807, 2.05) is 24.3 Å². The molecule has 168 valence electrons. The van der Waals surface area contributed by atoms with Crippen LogP contribution in [0.15, 0.2) is 54.6 Å². The van der Waals surface area contributed by atoms with Crippen molar-refractivity contribution in [1.29, 1.82) is 0 Å². The minimum atomic E-state index is -0.404. The van der Waals surface area contributed by atoms with E-state index >= 15 is 0 Å². The number of fused-ring (bicyclic) bond motifs is 1. The Bertz CT molecular complexity index is 994. The minimum absolute atomic E-state index is 0.0602. The first-order valence-corrected chi connectivity index (χ1v) is 11.1. The number of benzene rings is 2. The second kappa shape index (κ2) is 9.57. The number of rotatable bonds is 5. The van der Waals surface area contributed by atoms with Crippen molar-refractivity contribution in [1.82, 2.24) is 10.2 Å². The molecule has 6 nitrogen and oxygen atoms in total. The zero-order valence-corrected chi connectivity index (χ0v) is 18.7. The van der Waals surface area contributed by atoms with E-state index in [9.17, 15) is 9.59 Å².